The van der Waals surface area contributed by atoms with E-state index in [1.807, 2.05) is 36.4 Å². The molecule has 0 atom stereocenters. The molecule has 0 fully saturated rings. The van der Waals surface area contributed by atoms with E-state index in [0.29, 0.717) is 11.1 Å². The second-order valence-electron chi connectivity index (χ2n) is 14.0. The zero-order chi connectivity index (χ0) is 36.6. The molecule has 0 saturated carbocycles. The van der Waals surface area contributed by atoms with Gasteiger partial charge in [-0.3, -0.25) is 0 Å². The Labute approximate surface area is 316 Å². The van der Waals surface area contributed by atoms with Crippen molar-refractivity contribution >= 4 is 65.4 Å². The van der Waals surface area contributed by atoms with Crippen molar-refractivity contribution in [2.45, 2.75) is 0 Å². The first-order valence-corrected chi connectivity index (χ1v) is 18.3. The third-order valence-electron chi connectivity index (χ3n) is 11.1. The van der Waals surface area contributed by atoms with Crippen LogP contribution in [0.15, 0.2) is 176 Å². The van der Waals surface area contributed by atoms with Gasteiger partial charge in [0.2, 0.25) is 0 Å². The minimum atomic E-state index is 0.618. The third kappa shape index (κ3) is 4.45. The highest BCUT2D eigenvalue weighted by Gasteiger charge is 2.20. The van der Waals surface area contributed by atoms with E-state index in [0.717, 1.165) is 82.8 Å². The fourth-order valence-electron chi connectivity index (χ4n) is 8.74. The van der Waals surface area contributed by atoms with Crippen molar-refractivity contribution < 1.29 is 0 Å². The van der Waals surface area contributed by atoms with E-state index in [1.54, 1.807) is 0 Å². The first-order chi connectivity index (χ1) is 27.2. The lowest BCUT2D eigenvalue weighted by molar-refractivity contribution is 1.16. The van der Waals surface area contributed by atoms with Crippen molar-refractivity contribution in [2.75, 3.05) is 0 Å². The quantitative estimate of drug-likeness (QED) is 0.184. The molecule has 5 nitrogen and oxygen atoms in total. The molecule has 11 aromatic rings. The average molecular weight is 700 g/mol. The predicted molar refractivity (Wildman–Crippen MR) is 224 cm³/mol. The van der Waals surface area contributed by atoms with Crippen molar-refractivity contribution in [3.63, 3.8) is 0 Å². The van der Waals surface area contributed by atoms with Crippen LogP contribution in [0.4, 0.5) is 0 Å². The molecule has 0 aliphatic carbocycles. The van der Waals surface area contributed by atoms with Crippen molar-refractivity contribution in [3.05, 3.63) is 187 Å². The van der Waals surface area contributed by atoms with Crippen LogP contribution in [0.1, 0.15) is 11.1 Å². The number of hydrogen-bond acceptors (Lipinski definition) is 2. The van der Waals surface area contributed by atoms with E-state index < -0.39 is 0 Å². The van der Waals surface area contributed by atoms with E-state index in [1.165, 1.54) is 10.8 Å². The smallest absolute Gasteiger partial charge is 0.101 e. The van der Waals surface area contributed by atoms with Crippen LogP contribution >= 0.6 is 0 Å². The predicted octanol–water partition coefficient (Wildman–Crippen LogP) is 12.4. The Kier molecular flexibility index (Phi) is 6.61. The molecule has 3 heterocycles. The Morgan fingerprint density at radius 1 is 0.345 bits per heavy atom. The summed E-state index contributed by atoms with van der Waals surface area (Å²) in [5.41, 5.74) is 12.8. The van der Waals surface area contributed by atoms with Crippen LogP contribution in [0.25, 0.3) is 93.6 Å². The number of hydrogen-bond donors (Lipinski definition) is 0. The summed E-state index contributed by atoms with van der Waals surface area (Å²) in [6.07, 6.45) is 0. The standard InChI is InChI=1S/C50H29N5/c51-30-32-20-27-46-41(28-32)50-47(18-9-19-48(50)54-42-14-5-1-10-37(42)38-11-2-6-15-43(38)54)53(46)36-25-23-33(24-26-36)34-21-22-35(31-52)49(29-34)55-44-16-7-3-12-39(44)40-13-4-8-17-45(40)55/h1-29H. The molecule has 0 aliphatic heterocycles. The van der Waals surface area contributed by atoms with E-state index in [4.69, 9.17) is 0 Å². The molecule has 0 N–H and O–H groups in total. The lowest BCUT2D eigenvalue weighted by Gasteiger charge is -2.13. The van der Waals surface area contributed by atoms with Gasteiger partial charge in [0.25, 0.3) is 0 Å². The Hall–Kier alpha value is -7.86. The number of rotatable bonds is 4. The van der Waals surface area contributed by atoms with E-state index in [-0.39, 0.29) is 0 Å². The fraction of sp³-hybridized carbons (Fsp3) is 0. The summed E-state index contributed by atoms with van der Waals surface area (Å²) >= 11 is 0. The molecule has 8 aromatic carbocycles. The SMILES string of the molecule is N#Cc1ccc2c(c1)c1c(-n3c4ccccc4c4ccccc43)cccc1n2-c1ccc(-c2ccc(C#N)c(-n3c4ccccc4c4ccccc43)c2)cc1. The lowest BCUT2D eigenvalue weighted by Crippen LogP contribution is -1.98. The number of benzene rings is 8. The first-order valence-electron chi connectivity index (χ1n) is 18.3. The maximum absolute atomic E-state index is 10.3. The Morgan fingerprint density at radius 2 is 0.855 bits per heavy atom. The molecular weight excluding hydrogens is 671 g/mol. The summed E-state index contributed by atoms with van der Waals surface area (Å²) < 4.78 is 6.87. The maximum Gasteiger partial charge on any atom is 0.101 e. The van der Waals surface area contributed by atoms with Gasteiger partial charge in [-0.1, -0.05) is 97.1 Å². The third-order valence-corrected chi connectivity index (χ3v) is 11.1. The number of nitriles is 2. The van der Waals surface area contributed by atoms with Crippen molar-refractivity contribution in [1.29, 1.82) is 10.5 Å². The molecule has 3 aromatic heterocycles. The molecule has 11 rings (SSSR count). The van der Waals surface area contributed by atoms with Gasteiger partial charge in [0.1, 0.15) is 6.07 Å². The highest BCUT2D eigenvalue weighted by atomic mass is 15.0. The molecule has 0 saturated heterocycles. The molecule has 0 unspecified atom stereocenters. The van der Waals surface area contributed by atoms with Gasteiger partial charge >= 0.3 is 0 Å². The summed E-state index contributed by atoms with van der Waals surface area (Å²) in [5, 5.41) is 27.1. The van der Waals surface area contributed by atoms with Gasteiger partial charge in [0.15, 0.2) is 0 Å². The molecule has 0 spiro atoms. The Morgan fingerprint density at radius 3 is 1.42 bits per heavy atom. The number of aromatic nitrogens is 3. The molecular formula is C50H29N5. The lowest BCUT2D eigenvalue weighted by atomic mass is 10.0. The van der Waals surface area contributed by atoms with Gasteiger partial charge in [0.05, 0.1) is 61.7 Å². The van der Waals surface area contributed by atoms with Crippen LogP contribution < -0.4 is 0 Å². The molecule has 0 radical (unpaired) electrons. The highest BCUT2D eigenvalue weighted by Crippen LogP contribution is 2.41. The minimum Gasteiger partial charge on any atom is -0.309 e. The van der Waals surface area contributed by atoms with Crippen molar-refractivity contribution in [2.24, 2.45) is 0 Å². The van der Waals surface area contributed by atoms with Crippen LogP contribution in [0, 0.1) is 22.7 Å². The van der Waals surface area contributed by atoms with Gasteiger partial charge in [-0.15, -0.1) is 0 Å². The number of para-hydroxylation sites is 4. The first kappa shape index (κ1) is 30.7. The summed E-state index contributed by atoms with van der Waals surface area (Å²) in [5.74, 6) is 0. The average Bonchev–Trinajstić information content (AvgIpc) is 3.89. The van der Waals surface area contributed by atoms with Gasteiger partial charge in [-0.2, -0.15) is 10.5 Å². The van der Waals surface area contributed by atoms with Crippen LogP contribution in [-0.2, 0) is 0 Å². The van der Waals surface area contributed by atoms with Crippen LogP contribution in [0.5, 0.6) is 0 Å². The Balaban J connectivity index is 1.10. The van der Waals surface area contributed by atoms with Crippen LogP contribution in [-0.4, -0.2) is 13.7 Å². The zero-order valence-corrected chi connectivity index (χ0v) is 29.5. The highest BCUT2D eigenvalue weighted by molar-refractivity contribution is 6.17. The Bertz CT molecular complexity index is 3350. The minimum absolute atomic E-state index is 0.618. The van der Waals surface area contributed by atoms with Crippen LogP contribution in [0.2, 0.25) is 0 Å². The normalized spacial score (nSPS) is 11.6. The molecule has 0 bridgehead atoms. The molecule has 0 amide bonds. The second kappa shape index (κ2) is 11.8. The molecule has 254 valence electrons. The van der Waals surface area contributed by atoms with Gasteiger partial charge in [-0.25, -0.2) is 0 Å². The monoisotopic (exact) mass is 699 g/mol. The summed E-state index contributed by atoms with van der Waals surface area (Å²) in [4.78, 5) is 0. The number of nitrogens with zero attached hydrogens (tertiary/aromatic N) is 5. The van der Waals surface area contributed by atoms with Crippen molar-refractivity contribution in [3.8, 4) is 40.3 Å². The summed E-state index contributed by atoms with van der Waals surface area (Å²) in [7, 11) is 0. The molecule has 0 aliphatic rings. The summed E-state index contributed by atoms with van der Waals surface area (Å²) in [6.45, 7) is 0. The molecule has 5 heteroatoms. The maximum atomic E-state index is 10.3. The van der Waals surface area contributed by atoms with Crippen LogP contribution in [0.3, 0.4) is 0 Å². The molecule has 55 heavy (non-hydrogen) atoms. The van der Waals surface area contributed by atoms with Crippen molar-refractivity contribution in [1.82, 2.24) is 13.7 Å². The van der Waals surface area contributed by atoms with Gasteiger partial charge in [0, 0.05) is 38.0 Å². The van der Waals surface area contributed by atoms with Gasteiger partial charge < -0.3 is 13.7 Å². The van der Waals surface area contributed by atoms with Gasteiger partial charge in [-0.05, 0) is 90.0 Å². The topological polar surface area (TPSA) is 62.4 Å². The van der Waals surface area contributed by atoms with E-state index >= 15 is 0 Å². The van der Waals surface area contributed by atoms with E-state index in [9.17, 15) is 10.5 Å². The fourth-order valence-corrected chi connectivity index (χ4v) is 8.74. The number of fused-ring (bicyclic) bond motifs is 9. The van der Waals surface area contributed by atoms with E-state index in [2.05, 4.69) is 165 Å². The zero-order valence-electron chi connectivity index (χ0n) is 29.5. The summed E-state index contributed by atoms with van der Waals surface area (Å²) in [6, 6.07) is 65.9. The largest absolute Gasteiger partial charge is 0.309 e. The second-order valence-corrected chi connectivity index (χ2v) is 14.0.